The van der Waals surface area contributed by atoms with Gasteiger partial charge in [0.25, 0.3) is 0 Å². The molecule has 0 spiro atoms. The Morgan fingerprint density at radius 2 is 2.13 bits per heavy atom. The number of halogens is 1. The van der Waals surface area contributed by atoms with Crippen molar-refractivity contribution in [3.8, 4) is 0 Å². The monoisotopic (exact) mass is 320 g/mol. The van der Waals surface area contributed by atoms with Crippen LogP contribution in [0.4, 0.5) is 11.4 Å². The molecule has 0 saturated carbocycles. The molecule has 0 aromatic heterocycles. The van der Waals surface area contributed by atoms with Crippen LogP contribution in [0.2, 0.25) is 0 Å². The molecular weight excluding hydrogens is 303 g/mol. The fourth-order valence-electron chi connectivity index (χ4n) is 1.50. The molecule has 0 fully saturated rings. The van der Waals surface area contributed by atoms with Crippen LogP contribution >= 0.6 is 22.6 Å². The van der Waals surface area contributed by atoms with Crippen molar-refractivity contribution in [3.63, 3.8) is 0 Å². The molecule has 0 amide bonds. The molecule has 2 unspecified atom stereocenters. The molecule has 3 nitrogen and oxygen atoms in total. The van der Waals surface area contributed by atoms with Gasteiger partial charge in [-0.15, -0.1) is 0 Å². The second kappa shape index (κ2) is 5.55. The summed E-state index contributed by atoms with van der Waals surface area (Å²) in [4.78, 5) is 0. The number of nitrogens with one attached hydrogen (secondary N) is 1. The van der Waals surface area contributed by atoms with Crippen molar-refractivity contribution >= 4 is 34.0 Å². The number of aliphatic hydroxyl groups is 1. The predicted molar refractivity (Wildman–Crippen MR) is 73.0 cm³/mol. The maximum Gasteiger partial charge on any atom is 0.0576 e. The van der Waals surface area contributed by atoms with Gasteiger partial charge in [0.2, 0.25) is 0 Å². The molecule has 4 N–H and O–H groups in total. The number of benzene rings is 1. The number of nitrogens with two attached hydrogens (primary N) is 1. The standard InChI is InChI=1S/C11H17IN2O/c1-7(5-8(2)15)14-11-4-3-9(12)6-10(11)13/h3-4,6-8,14-15H,5,13H2,1-2H3. The van der Waals surface area contributed by atoms with Gasteiger partial charge in [0, 0.05) is 9.61 Å². The van der Waals surface area contributed by atoms with E-state index in [0.29, 0.717) is 6.42 Å². The lowest BCUT2D eigenvalue weighted by atomic mass is 10.1. The molecule has 0 aliphatic carbocycles. The summed E-state index contributed by atoms with van der Waals surface area (Å²) >= 11 is 2.23. The largest absolute Gasteiger partial charge is 0.397 e. The molecule has 0 radical (unpaired) electrons. The highest BCUT2D eigenvalue weighted by Gasteiger charge is 2.07. The van der Waals surface area contributed by atoms with E-state index in [1.807, 2.05) is 25.1 Å². The Kier molecular flexibility index (Phi) is 4.66. The van der Waals surface area contributed by atoms with Crippen LogP contribution in [0.15, 0.2) is 18.2 Å². The number of anilines is 2. The van der Waals surface area contributed by atoms with Crippen molar-refractivity contribution in [2.75, 3.05) is 11.1 Å². The highest BCUT2D eigenvalue weighted by Crippen LogP contribution is 2.22. The summed E-state index contributed by atoms with van der Waals surface area (Å²) in [6.07, 6.45) is 0.420. The number of aliphatic hydroxyl groups excluding tert-OH is 1. The first-order valence-corrected chi connectivity index (χ1v) is 6.06. The van der Waals surface area contributed by atoms with Gasteiger partial charge in [0.05, 0.1) is 17.5 Å². The van der Waals surface area contributed by atoms with Crippen LogP contribution in [-0.4, -0.2) is 17.3 Å². The second-order valence-electron chi connectivity index (χ2n) is 3.86. The molecule has 1 rings (SSSR count). The van der Waals surface area contributed by atoms with Crippen molar-refractivity contribution in [2.45, 2.75) is 32.4 Å². The van der Waals surface area contributed by atoms with Crippen molar-refractivity contribution in [2.24, 2.45) is 0 Å². The van der Waals surface area contributed by atoms with Gasteiger partial charge in [-0.25, -0.2) is 0 Å². The van der Waals surface area contributed by atoms with Gasteiger partial charge in [-0.3, -0.25) is 0 Å². The van der Waals surface area contributed by atoms with Gasteiger partial charge in [-0.05, 0) is 61.1 Å². The Morgan fingerprint density at radius 3 is 2.67 bits per heavy atom. The molecule has 0 heterocycles. The van der Waals surface area contributed by atoms with Crippen LogP contribution in [0.5, 0.6) is 0 Å². The van der Waals surface area contributed by atoms with Crippen molar-refractivity contribution < 1.29 is 5.11 Å². The van der Waals surface area contributed by atoms with Gasteiger partial charge in [-0.1, -0.05) is 0 Å². The average Bonchev–Trinajstić information content (AvgIpc) is 2.08. The summed E-state index contributed by atoms with van der Waals surface area (Å²) in [6.45, 7) is 3.82. The van der Waals surface area contributed by atoms with E-state index in [9.17, 15) is 5.11 Å². The van der Waals surface area contributed by atoms with Gasteiger partial charge < -0.3 is 16.2 Å². The SMILES string of the molecule is CC(O)CC(C)Nc1ccc(I)cc1N. The molecule has 84 valence electrons. The van der Waals surface area contributed by atoms with E-state index < -0.39 is 0 Å². The lowest BCUT2D eigenvalue weighted by Gasteiger charge is -2.18. The fourth-order valence-corrected chi connectivity index (χ4v) is 2.02. The van der Waals surface area contributed by atoms with Crippen LogP contribution < -0.4 is 11.1 Å². The van der Waals surface area contributed by atoms with Crippen LogP contribution in [0.3, 0.4) is 0 Å². The molecule has 1 aromatic rings. The Hall–Kier alpha value is -0.490. The van der Waals surface area contributed by atoms with Crippen molar-refractivity contribution in [1.29, 1.82) is 0 Å². The maximum atomic E-state index is 9.24. The molecule has 0 aliphatic rings. The van der Waals surface area contributed by atoms with E-state index in [0.717, 1.165) is 14.9 Å². The molecule has 1 aromatic carbocycles. The summed E-state index contributed by atoms with van der Waals surface area (Å²) in [5.74, 6) is 0. The van der Waals surface area contributed by atoms with E-state index in [2.05, 4.69) is 27.9 Å². The minimum absolute atomic E-state index is 0.215. The van der Waals surface area contributed by atoms with Gasteiger partial charge >= 0.3 is 0 Å². The maximum absolute atomic E-state index is 9.24. The number of hydrogen-bond acceptors (Lipinski definition) is 3. The first-order valence-electron chi connectivity index (χ1n) is 4.98. The fraction of sp³-hybridized carbons (Fsp3) is 0.455. The molecule has 15 heavy (non-hydrogen) atoms. The minimum Gasteiger partial charge on any atom is -0.397 e. The highest BCUT2D eigenvalue weighted by atomic mass is 127. The second-order valence-corrected chi connectivity index (χ2v) is 5.11. The van der Waals surface area contributed by atoms with E-state index in [4.69, 9.17) is 5.73 Å². The molecule has 0 aliphatic heterocycles. The first-order chi connectivity index (χ1) is 6.99. The van der Waals surface area contributed by atoms with Crippen LogP contribution in [-0.2, 0) is 0 Å². The summed E-state index contributed by atoms with van der Waals surface area (Å²) in [5, 5.41) is 12.5. The lowest BCUT2D eigenvalue weighted by molar-refractivity contribution is 0.179. The zero-order valence-corrected chi connectivity index (χ0v) is 11.2. The predicted octanol–water partition coefficient (Wildman–Crippen LogP) is 2.44. The first kappa shape index (κ1) is 12.6. The minimum atomic E-state index is -0.294. The van der Waals surface area contributed by atoms with Gasteiger partial charge in [0.15, 0.2) is 0 Å². The summed E-state index contributed by atoms with van der Waals surface area (Å²) < 4.78 is 1.12. The van der Waals surface area contributed by atoms with E-state index in [1.165, 1.54) is 0 Å². The molecular formula is C11H17IN2O. The van der Waals surface area contributed by atoms with Crippen molar-refractivity contribution in [1.82, 2.24) is 0 Å². The Balaban J connectivity index is 2.64. The molecule has 0 saturated heterocycles. The third kappa shape index (κ3) is 4.25. The lowest BCUT2D eigenvalue weighted by Crippen LogP contribution is -2.21. The van der Waals surface area contributed by atoms with Crippen LogP contribution in [0.1, 0.15) is 20.3 Å². The summed E-state index contributed by atoms with van der Waals surface area (Å²) in [6, 6.07) is 6.12. The quantitative estimate of drug-likeness (QED) is 0.590. The Labute approximate surface area is 104 Å². The molecule has 0 bridgehead atoms. The average molecular weight is 320 g/mol. The topological polar surface area (TPSA) is 58.3 Å². The van der Waals surface area contributed by atoms with Gasteiger partial charge in [-0.2, -0.15) is 0 Å². The van der Waals surface area contributed by atoms with E-state index >= 15 is 0 Å². The smallest absolute Gasteiger partial charge is 0.0576 e. The molecule has 2 atom stereocenters. The zero-order chi connectivity index (χ0) is 11.4. The number of hydrogen-bond donors (Lipinski definition) is 3. The Morgan fingerprint density at radius 1 is 1.47 bits per heavy atom. The Bertz CT molecular complexity index is 328. The van der Waals surface area contributed by atoms with Gasteiger partial charge in [0.1, 0.15) is 0 Å². The van der Waals surface area contributed by atoms with Crippen LogP contribution in [0.25, 0.3) is 0 Å². The summed E-state index contributed by atoms with van der Waals surface area (Å²) in [7, 11) is 0. The third-order valence-corrected chi connectivity index (χ3v) is 2.78. The van der Waals surface area contributed by atoms with E-state index in [1.54, 1.807) is 6.92 Å². The zero-order valence-electron chi connectivity index (χ0n) is 9.00. The summed E-state index contributed by atoms with van der Waals surface area (Å²) in [5.41, 5.74) is 7.55. The van der Waals surface area contributed by atoms with Crippen molar-refractivity contribution in [3.05, 3.63) is 21.8 Å². The number of rotatable bonds is 4. The van der Waals surface area contributed by atoms with E-state index in [-0.39, 0.29) is 12.1 Å². The highest BCUT2D eigenvalue weighted by molar-refractivity contribution is 14.1. The third-order valence-electron chi connectivity index (χ3n) is 2.11. The van der Waals surface area contributed by atoms with Crippen LogP contribution in [0, 0.1) is 3.57 Å². The number of nitrogen functional groups attached to an aromatic ring is 1. The normalized spacial score (nSPS) is 14.7. The molecule has 4 heteroatoms.